The Morgan fingerprint density at radius 3 is 2.29 bits per heavy atom. The van der Waals surface area contributed by atoms with Gasteiger partial charge in [0.2, 0.25) is 0 Å². The number of hydrogen-bond acceptors (Lipinski definition) is 5. The summed E-state index contributed by atoms with van der Waals surface area (Å²) in [6, 6.07) is 0.729. The molecule has 0 atom stereocenters. The van der Waals surface area contributed by atoms with E-state index in [1.54, 1.807) is 6.92 Å². The number of amides is 1. The average molecular weight is 433 g/mol. The molecule has 3 rings (SSSR count). The van der Waals surface area contributed by atoms with E-state index in [0.717, 1.165) is 44.2 Å². The lowest BCUT2D eigenvalue weighted by molar-refractivity contribution is 0.0519. The molecule has 0 bridgehead atoms. The van der Waals surface area contributed by atoms with Gasteiger partial charge in [-0.05, 0) is 98.1 Å². The largest absolute Gasteiger partial charge is 0.461 e. The molecule has 2 aliphatic heterocycles. The van der Waals surface area contributed by atoms with Gasteiger partial charge in [0.15, 0.2) is 0 Å². The Balaban J connectivity index is 1.59. The highest BCUT2D eigenvalue weighted by atomic mass is 16.5. The summed E-state index contributed by atoms with van der Waals surface area (Å²) >= 11 is 0. The second kappa shape index (κ2) is 10.6. The van der Waals surface area contributed by atoms with Crippen LogP contribution in [-0.4, -0.2) is 90.5 Å². The van der Waals surface area contributed by atoms with Gasteiger partial charge in [-0.15, -0.1) is 0 Å². The van der Waals surface area contributed by atoms with Crippen molar-refractivity contribution in [2.75, 3.05) is 52.9 Å². The molecule has 1 N–H and O–H groups in total. The lowest BCUT2D eigenvalue weighted by Gasteiger charge is -2.41. The molecule has 3 heterocycles. The number of aryl methyl sites for hydroxylation is 1. The van der Waals surface area contributed by atoms with Crippen molar-refractivity contribution >= 4 is 11.9 Å². The maximum Gasteiger partial charge on any atom is 0.355 e. The van der Waals surface area contributed by atoms with E-state index in [-0.39, 0.29) is 5.91 Å². The van der Waals surface area contributed by atoms with Gasteiger partial charge in [0.25, 0.3) is 5.91 Å². The highest BCUT2D eigenvalue weighted by Gasteiger charge is 2.30. The average Bonchev–Trinajstić information content (AvgIpc) is 3.07. The van der Waals surface area contributed by atoms with Crippen LogP contribution in [0.3, 0.4) is 0 Å². The van der Waals surface area contributed by atoms with Crippen molar-refractivity contribution in [3.8, 4) is 0 Å². The number of aromatic nitrogens is 1. The summed E-state index contributed by atoms with van der Waals surface area (Å²) in [5, 5.41) is 0. The highest BCUT2D eigenvalue weighted by molar-refractivity contribution is 6.01. The number of piperidine rings is 2. The Hall–Kier alpha value is -1.86. The molecule has 0 aromatic carbocycles. The van der Waals surface area contributed by atoms with Crippen LogP contribution < -0.4 is 0 Å². The minimum Gasteiger partial charge on any atom is -0.461 e. The van der Waals surface area contributed by atoms with Crippen molar-refractivity contribution in [1.82, 2.24) is 19.7 Å². The van der Waals surface area contributed by atoms with Gasteiger partial charge in [0, 0.05) is 24.8 Å². The van der Waals surface area contributed by atoms with Crippen LogP contribution in [0.25, 0.3) is 0 Å². The van der Waals surface area contributed by atoms with Crippen LogP contribution in [0.5, 0.6) is 0 Å². The van der Waals surface area contributed by atoms with E-state index < -0.39 is 5.97 Å². The fourth-order valence-electron chi connectivity index (χ4n) is 5.16. The minimum absolute atomic E-state index is 0.0158. The molecular formula is C24H40N4O3. The molecule has 0 radical (unpaired) electrons. The number of nitrogens with one attached hydrogen (secondary N) is 1. The molecule has 31 heavy (non-hydrogen) atoms. The summed E-state index contributed by atoms with van der Waals surface area (Å²) in [5.41, 5.74) is 2.44. The number of nitrogens with zero attached hydrogens (tertiary/aromatic N) is 3. The summed E-state index contributed by atoms with van der Waals surface area (Å²) in [6.07, 6.45) is 4.84. The van der Waals surface area contributed by atoms with Crippen molar-refractivity contribution in [1.29, 1.82) is 0 Å². The molecule has 7 heteroatoms. The molecule has 0 saturated carbocycles. The normalized spacial score (nSPS) is 19.5. The van der Waals surface area contributed by atoms with Crippen LogP contribution in [0.2, 0.25) is 0 Å². The third kappa shape index (κ3) is 5.50. The summed E-state index contributed by atoms with van der Waals surface area (Å²) in [6.45, 7) is 14.0. The van der Waals surface area contributed by atoms with Crippen LogP contribution in [0.1, 0.15) is 71.6 Å². The number of ether oxygens (including phenoxy) is 1. The fourth-order valence-corrected chi connectivity index (χ4v) is 5.16. The first-order valence-corrected chi connectivity index (χ1v) is 11.9. The van der Waals surface area contributed by atoms with E-state index in [9.17, 15) is 9.59 Å². The van der Waals surface area contributed by atoms with Gasteiger partial charge < -0.3 is 24.4 Å². The van der Waals surface area contributed by atoms with E-state index >= 15 is 0 Å². The molecule has 2 aliphatic rings. The predicted octanol–water partition coefficient (Wildman–Crippen LogP) is 3.08. The van der Waals surface area contributed by atoms with Gasteiger partial charge in [-0.3, -0.25) is 4.79 Å². The zero-order chi connectivity index (χ0) is 22.5. The molecule has 1 amide bonds. The number of rotatable bonds is 7. The van der Waals surface area contributed by atoms with E-state index in [1.165, 1.54) is 25.9 Å². The van der Waals surface area contributed by atoms with Crippen molar-refractivity contribution in [2.24, 2.45) is 5.92 Å². The predicted molar refractivity (Wildman–Crippen MR) is 123 cm³/mol. The van der Waals surface area contributed by atoms with Gasteiger partial charge in [0.05, 0.1) is 12.2 Å². The van der Waals surface area contributed by atoms with Crippen LogP contribution in [0, 0.1) is 19.8 Å². The topological polar surface area (TPSA) is 68.9 Å². The smallest absolute Gasteiger partial charge is 0.355 e. The maximum absolute atomic E-state index is 13.4. The summed E-state index contributed by atoms with van der Waals surface area (Å²) in [5.74, 6) is 0.156. The molecule has 2 fully saturated rings. The first-order chi connectivity index (χ1) is 14.8. The van der Waals surface area contributed by atoms with E-state index in [4.69, 9.17) is 4.74 Å². The number of likely N-dealkylation sites (tertiary alicyclic amines) is 2. The van der Waals surface area contributed by atoms with E-state index in [1.807, 2.05) is 25.7 Å². The van der Waals surface area contributed by atoms with Crippen molar-refractivity contribution in [3.63, 3.8) is 0 Å². The molecule has 174 valence electrons. The van der Waals surface area contributed by atoms with E-state index in [2.05, 4.69) is 21.8 Å². The Kier molecular flexibility index (Phi) is 8.17. The molecule has 0 aliphatic carbocycles. The number of carbonyl (C=O) groups excluding carboxylic acids is 2. The van der Waals surface area contributed by atoms with Crippen molar-refractivity contribution < 1.29 is 14.3 Å². The van der Waals surface area contributed by atoms with Gasteiger partial charge >= 0.3 is 5.97 Å². The van der Waals surface area contributed by atoms with Gasteiger partial charge in [-0.25, -0.2) is 4.79 Å². The SMILES string of the molecule is CCOC(=O)c1[nH]c(C)c(C(=O)N(CC)CC2CCN(C3CCN(C)CC3)CC2)c1C. The highest BCUT2D eigenvalue weighted by Crippen LogP contribution is 2.26. The van der Waals surface area contributed by atoms with Gasteiger partial charge in [0.1, 0.15) is 5.69 Å². The lowest BCUT2D eigenvalue weighted by Crippen LogP contribution is -2.48. The van der Waals surface area contributed by atoms with Gasteiger partial charge in [-0.2, -0.15) is 0 Å². The molecule has 0 unspecified atom stereocenters. The second-order valence-corrected chi connectivity index (χ2v) is 9.20. The zero-order valence-corrected chi connectivity index (χ0v) is 20.0. The van der Waals surface area contributed by atoms with Crippen LogP contribution in [-0.2, 0) is 4.74 Å². The molecule has 0 spiro atoms. The third-order valence-corrected chi connectivity index (χ3v) is 7.13. The first kappa shape index (κ1) is 23.8. The summed E-state index contributed by atoms with van der Waals surface area (Å²) < 4.78 is 5.13. The zero-order valence-electron chi connectivity index (χ0n) is 20.0. The lowest BCUT2D eigenvalue weighted by atomic mass is 9.92. The Bertz CT molecular complexity index is 759. The fraction of sp³-hybridized carbons (Fsp3) is 0.750. The Morgan fingerprint density at radius 2 is 1.71 bits per heavy atom. The number of hydrogen-bond donors (Lipinski definition) is 1. The minimum atomic E-state index is -0.397. The molecule has 1 aromatic rings. The number of aromatic amines is 1. The monoisotopic (exact) mass is 432 g/mol. The van der Waals surface area contributed by atoms with Crippen molar-refractivity contribution in [3.05, 3.63) is 22.5 Å². The molecule has 1 aromatic heterocycles. The summed E-state index contributed by atoms with van der Waals surface area (Å²) in [7, 11) is 2.21. The van der Waals surface area contributed by atoms with Gasteiger partial charge in [-0.1, -0.05) is 0 Å². The Morgan fingerprint density at radius 1 is 1.06 bits per heavy atom. The van der Waals surface area contributed by atoms with Crippen LogP contribution in [0.4, 0.5) is 0 Å². The molecule has 7 nitrogen and oxygen atoms in total. The maximum atomic E-state index is 13.4. The van der Waals surface area contributed by atoms with Crippen LogP contribution >= 0.6 is 0 Å². The van der Waals surface area contributed by atoms with Crippen molar-refractivity contribution in [2.45, 2.75) is 59.4 Å². The van der Waals surface area contributed by atoms with Crippen LogP contribution in [0.15, 0.2) is 0 Å². The summed E-state index contributed by atoms with van der Waals surface area (Å²) in [4.78, 5) is 35.7. The quantitative estimate of drug-likeness (QED) is 0.671. The molecule has 2 saturated heterocycles. The van der Waals surface area contributed by atoms with E-state index in [0.29, 0.717) is 35.9 Å². The molecular weight excluding hydrogens is 392 g/mol. The number of H-pyrrole nitrogens is 1. The standard InChI is InChI=1S/C24H40N4O3/c1-6-27(23(29)21-17(3)22(25-18(21)4)24(30)31-7-2)16-19-8-14-28(15-9-19)20-10-12-26(5)13-11-20/h19-20,25H,6-16H2,1-5H3. The Labute approximate surface area is 187 Å². The second-order valence-electron chi connectivity index (χ2n) is 9.20. The third-order valence-electron chi connectivity index (χ3n) is 7.13. The number of esters is 1. The first-order valence-electron chi connectivity index (χ1n) is 11.9. The number of carbonyl (C=O) groups is 2.